The van der Waals surface area contributed by atoms with Crippen LogP contribution in [-0.4, -0.2) is 16.1 Å². The highest BCUT2D eigenvalue weighted by Crippen LogP contribution is 2.31. The van der Waals surface area contributed by atoms with E-state index in [0.29, 0.717) is 22.4 Å². The SMILES string of the molecule is O=C(O)Cc1oc(-c2ccc(I)cc2)nc1-c1cccc(Cl)c1. The standard InChI is InChI=1S/C17H11ClINO3/c18-12-3-1-2-11(8-12)16-14(9-15(21)22)23-17(20-16)10-4-6-13(19)7-5-10/h1-8H,9H2,(H,21,22). The summed E-state index contributed by atoms with van der Waals surface area (Å²) in [7, 11) is 0. The molecule has 0 aliphatic carbocycles. The molecule has 0 amide bonds. The number of carboxylic acid groups (broad SMARTS) is 1. The van der Waals surface area contributed by atoms with Gasteiger partial charge in [-0.3, -0.25) is 4.79 Å². The number of carboxylic acids is 1. The normalized spacial score (nSPS) is 10.7. The molecule has 0 radical (unpaired) electrons. The predicted octanol–water partition coefficient (Wildman–Crippen LogP) is 4.89. The number of aromatic nitrogens is 1. The zero-order valence-corrected chi connectivity index (χ0v) is 14.7. The first kappa shape index (κ1) is 16.0. The summed E-state index contributed by atoms with van der Waals surface area (Å²) in [5.41, 5.74) is 2.03. The van der Waals surface area contributed by atoms with E-state index in [9.17, 15) is 4.79 Å². The van der Waals surface area contributed by atoms with Crippen molar-refractivity contribution in [3.63, 3.8) is 0 Å². The van der Waals surface area contributed by atoms with Gasteiger partial charge in [-0.1, -0.05) is 23.7 Å². The third-order valence-electron chi connectivity index (χ3n) is 3.20. The average molecular weight is 440 g/mol. The van der Waals surface area contributed by atoms with Gasteiger partial charge in [0.2, 0.25) is 5.89 Å². The molecule has 0 saturated heterocycles. The van der Waals surface area contributed by atoms with E-state index >= 15 is 0 Å². The molecule has 0 fully saturated rings. The zero-order valence-electron chi connectivity index (χ0n) is 11.8. The number of halogens is 2. The van der Waals surface area contributed by atoms with Gasteiger partial charge < -0.3 is 9.52 Å². The lowest BCUT2D eigenvalue weighted by molar-refractivity contribution is -0.136. The molecule has 6 heteroatoms. The molecule has 23 heavy (non-hydrogen) atoms. The summed E-state index contributed by atoms with van der Waals surface area (Å²) in [6, 6.07) is 14.8. The molecule has 1 N–H and O–H groups in total. The van der Waals surface area contributed by atoms with Crippen LogP contribution in [0, 0.1) is 3.57 Å². The van der Waals surface area contributed by atoms with Crippen LogP contribution in [0.1, 0.15) is 5.76 Å². The van der Waals surface area contributed by atoms with Gasteiger partial charge in [0, 0.05) is 19.7 Å². The third-order valence-corrected chi connectivity index (χ3v) is 4.15. The van der Waals surface area contributed by atoms with Crippen LogP contribution in [0.25, 0.3) is 22.7 Å². The van der Waals surface area contributed by atoms with E-state index in [4.69, 9.17) is 21.1 Å². The summed E-state index contributed by atoms with van der Waals surface area (Å²) in [4.78, 5) is 15.6. The number of hydrogen-bond acceptors (Lipinski definition) is 3. The van der Waals surface area contributed by atoms with E-state index in [1.54, 1.807) is 18.2 Å². The van der Waals surface area contributed by atoms with Gasteiger partial charge >= 0.3 is 5.97 Å². The maximum Gasteiger partial charge on any atom is 0.311 e. The van der Waals surface area contributed by atoms with Crippen molar-refractivity contribution in [1.29, 1.82) is 0 Å². The fraction of sp³-hybridized carbons (Fsp3) is 0.0588. The maximum atomic E-state index is 11.1. The minimum Gasteiger partial charge on any atom is -0.481 e. The Morgan fingerprint density at radius 1 is 1.17 bits per heavy atom. The molecule has 0 unspecified atom stereocenters. The second kappa shape index (κ2) is 6.72. The summed E-state index contributed by atoms with van der Waals surface area (Å²) >= 11 is 8.23. The third kappa shape index (κ3) is 3.73. The number of carbonyl (C=O) groups is 1. The first-order valence-corrected chi connectivity index (χ1v) is 8.22. The minimum atomic E-state index is -0.974. The van der Waals surface area contributed by atoms with Crippen molar-refractivity contribution >= 4 is 40.2 Å². The van der Waals surface area contributed by atoms with Gasteiger partial charge in [-0.05, 0) is 59.0 Å². The van der Waals surface area contributed by atoms with Crippen LogP contribution in [0.2, 0.25) is 5.02 Å². The summed E-state index contributed by atoms with van der Waals surface area (Å²) in [5.74, 6) is -0.264. The van der Waals surface area contributed by atoms with Crippen LogP contribution in [-0.2, 0) is 11.2 Å². The highest BCUT2D eigenvalue weighted by atomic mass is 127. The molecule has 1 aromatic heterocycles. The van der Waals surface area contributed by atoms with Crippen LogP contribution >= 0.6 is 34.2 Å². The first-order valence-electron chi connectivity index (χ1n) is 6.76. The van der Waals surface area contributed by atoms with E-state index in [-0.39, 0.29) is 6.42 Å². The molecule has 1 heterocycles. The fourth-order valence-electron chi connectivity index (χ4n) is 2.19. The van der Waals surface area contributed by atoms with Crippen LogP contribution in [0.15, 0.2) is 52.9 Å². The molecule has 116 valence electrons. The first-order chi connectivity index (χ1) is 11.0. The zero-order chi connectivity index (χ0) is 16.4. The van der Waals surface area contributed by atoms with Gasteiger partial charge in [-0.2, -0.15) is 0 Å². The molecule has 2 aromatic carbocycles. The molecule has 0 atom stereocenters. The number of nitrogens with zero attached hydrogens (tertiary/aromatic N) is 1. The van der Waals surface area contributed by atoms with E-state index in [1.165, 1.54) is 0 Å². The molecular formula is C17H11ClINO3. The van der Waals surface area contributed by atoms with Gasteiger partial charge in [0.1, 0.15) is 17.9 Å². The molecule has 4 nitrogen and oxygen atoms in total. The Morgan fingerprint density at radius 3 is 2.57 bits per heavy atom. The summed E-state index contributed by atoms with van der Waals surface area (Å²) in [6.07, 6.45) is -0.237. The Morgan fingerprint density at radius 2 is 1.91 bits per heavy atom. The van der Waals surface area contributed by atoms with Crippen LogP contribution < -0.4 is 0 Å². The maximum absolute atomic E-state index is 11.1. The van der Waals surface area contributed by atoms with Crippen molar-refractivity contribution in [2.75, 3.05) is 0 Å². The highest BCUT2D eigenvalue weighted by molar-refractivity contribution is 14.1. The lowest BCUT2D eigenvalue weighted by atomic mass is 10.1. The van der Waals surface area contributed by atoms with Gasteiger partial charge in [0.05, 0.1) is 0 Å². The van der Waals surface area contributed by atoms with E-state index in [2.05, 4.69) is 27.6 Å². The van der Waals surface area contributed by atoms with E-state index in [0.717, 1.165) is 14.7 Å². The van der Waals surface area contributed by atoms with E-state index < -0.39 is 5.97 Å². The summed E-state index contributed by atoms with van der Waals surface area (Å²) in [5, 5.41) is 9.65. The molecule has 0 aliphatic rings. The Bertz CT molecular complexity index is 859. The van der Waals surface area contributed by atoms with Crippen LogP contribution in [0.3, 0.4) is 0 Å². The number of aliphatic carboxylic acids is 1. The van der Waals surface area contributed by atoms with Gasteiger partial charge in [0.15, 0.2) is 0 Å². The van der Waals surface area contributed by atoms with Crippen molar-refractivity contribution in [1.82, 2.24) is 4.98 Å². The Hall–Kier alpha value is -1.86. The summed E-state index contributed by atoms with van der Waals surface area (Å²) < 4.78 is 6.80. The monoisotopic (exact) mass is 439 g/mol. The lowest BCUT2D eigenvalue weighted by Gasteiger charge is -1.99. The molecule has 0 bridgehead atoms. The molecule has 3 rings (SSSR count). The molecular weight excluding hydrogens is 429 g/mol. The molecule has 0 spiro atoms. The predicted molar refractivity (Wildman–Crippen MR) is 96.4 cm³/mol. The van der Waals surface area contributed by atoms with Gasteiger partial charge in [-0.15, -0.1) is 0 Å². The number of benzene rings is 2. The van der Waals surface area contributed by atoms with Crippen molar-refractivity contribution in [3.8, 4) is 22.7 Å². The lowest BCUT2D eigenvalue weighted by Crippen LogP contribution is -2.00. The smallest absolute Gasteiger partial charge is 0.311 e. The Kier molecular flexibility index (Phi) is 4.68. The summed E-state index contributed by atoms with van der Waals surface area (Å²) in [6.45, 7) is 0. The highest BCUT2D eigenvalue weighted by Gasteiger charge is 2.18. The van der Waals surface area contributed by atoms with Crippen LogP contribution in [0.4, 0.5) is 0 Å². The fourth-order valence-corrected chi connectivity index (χ4v) is 2.74. The molecule has 3 aromatic rings. The Balaban J connectivity index is 2.10. The molecule has 0 aliphatic heterocycles. The molecule has 0 saturated carbocycles. The second-order valence-corrected chi connectivity index (χ2v) is 6.56. The second-order valence-electron chi connectivity index (χ2n) is 4.88. The van der Waals surface area contributed by atoms with Crippen molar-refractivity contribution in [2.24, 2.45) is 0 Å². The number of rotatable bonds is 4. The quantitative estimate of drug-likeness (QED) is 0.588. The van der Waals surface area contributed by atoms with Crippen LogP contribution in [0.5, 0.6) is 0 Å². The largest absolute Gasteiger partial charge is 0.481 e. The van der Waals surface area contributed by atoms with Crippen molar-refractivity contribution in [3.05, 3.63) is 62.9 Å². The minimum absolute atomic E-state index is 0.237. The number of oxazole rings is 1. The number of hydrogen-bond donors (Lipinski definition) is 1. The Labute approximate surface area is 151 Å². The average Bonchev–Trinajstić information content (AvgIpc) is 2.91. The van der Waals surface area contributed by atoms with Crippen molar-refractivity contribution in [2.45, 2.75) is 6.42 Å². The van der Waals surface area contributed by atoms with E-state index in [1.807, 2.05) is 30.3 Å². The topological polar surface area (TPSA) is 63.3 Å². The van der Waals surface area contributed by atoms with Gasteiger partial charge in [-0.25, -0.2) is 4.98 Å². The van der Waals surface area contributed by atoms with Gasteiger partial charge in [0.25, 0.3) is 0 Å². The van der Waals surface area contributed by atoms with Crippen molar-refractivity contribution < 1.29 is 14.3 Å².